The molecule has 0 aliphatic carbocycles. The summed E-state index contributed by atoms with van der Waals surface area (Å²) in [4.78, 5) is 17.4. The van der Waals surface area contributed by atoms with Gasteiger partial charge in [-0.25, -0.2) is 4.98 Å². The van der Waals surface area contributed by atoms with Crippen molar-refractivity contribution in [2.45, 2.75) is 32.4 Å². The molecule has 7 heteroatoms. The second kappa shape index (κ2) is 6.49. The Hall–Kier alpha value is -1.92. The molecule has 20 heavy (non-hydrogen) atoms. The highest BCUT2D eigenvalue weighted by Crippen LogP contribution is 2.18. The van der Waals surface area contributed by atoms with E-state index in [1.54, 1.807) is 6.07 Å². The summed E-state index contributed by atoms with van der Waals surface area (Å²) in [5.41, 5.74) is 0. The van der Waals surface area contributed by atoms with E-state index in [1.165, 1.54) is 12.3 Å². The molecule has 0 radical (unpaired) electrons. The molecular weight excluding hydrogens is 268 g/mol. The number of carbonyl (C=O) groups excluding carboxylic acids is 1. The minimum atomic E-state index is -2.85. The van der Waals surface area contributed by atoms with Crippen LogP contribution in [0, 0.1) is 0 Å². The van der Waals surface area contributed by atoms with E-state index in [9.17, 15) is 13.6 Å². The fourth-order valence-electron chi connectivity index (χ4n) is 2.18. The average molecular weight is 285 g/mol. The van der Waals surface area contributed by atoms with Crippen LogP contribution in [0.15, 0.2) is 18.3 Å². The van der Waals surface area contributed by atoms with E-state index in [4.69, 9.17) is 0 Å². The van der Waals surface area contributed by atoms with Crippen LogP contribution in [0.1, 0.15) is 19.8 Å². The van der Waals surface area contributed by atoms with Gasteiger partial charge in [0.25, 0.3) is 0 Å². The number of nitrogens with one attached hydrogen (secondary N) is 1. The first-order chi connectivity index (χ1) is 9.56. The molecule has 1 fully saturated rings. The summed E-state index contributed by atoms with van der Waals surface area (Å²) in [5.74, 6) is 0.757. The molecule has 2 rings (SSSR count). The lowest BCUT2D eigenvalue weighted by atomic mass is 10.2. The van der Waals surface area contributed by atoms with E-state index >= 15 is 0 Å². The van der Waals surface area contributed by atoms with Crippen molar-refractivity contribution in [2.24, 2.45) is 0 Å². The third-order valence-electron chi connectivity index (χ3n) is 3.25. The molecule has 1 atom stereocenters. The van der Waals surface area contributed by atoms with Crippen LogP contribution in [0.5, 0.6) is 5.75 Å². The first-order valence-corrected chi connectivity index (χ1v) is 6.50. The number of hydrogen-bond donors (Lipinski definition) is 1. The van der Waals surface area contributed by atoms with Gasteiger partial charge in [0.05, 0.1) is 6.20 Å². The van der Waals surface area contributed by atoms with Gasteiger partial charge in [-0.3, -0.25) is 4.79 Å². The Kier molecular flexibility index (Phi) is 4.70. The Bertz CT molecular complexity index is 453. The van der Waals surface area contributed by atoms with E-state index in [2.05, 4.69) is 15.0 Å². The van der Waals surface area contributed by atoms with E-state index < -0.39 is 6.61 Å². The quantitative estimate of drug-likeness (QED) is 0.869. The number of anilines is 1. The molecule has 0 saturated carbocycles. The number of pyridine rings is 1. The summed E-state index contributed by atoms with van der Waals surface area (Å²) in [6.45, 7) is 0.354. The maximum atomic E-state index is 12.0. The van der Waals surface area contributed by atoms with E-state index in [0.717, 1.165) is 6.42 Å². The average Bonchev–Trinajstić information content (AvgIpc) is 2.72. The van der Waals surface area contributed by atoms with Crippen molar-refractivity contribution >= 4 is 11.7 Å². The van der Waals surface area contributed by atoms with Gasteiger partial charge >= 0.3 is 6.61 Å². The largest absolute Gasteiger partial charge is 0.433 e. The fourth-order valence-corrected chi connectivity index (χ4v) is 2.18. The van der Waals surface area contributed by atoms with Crippen molar-refractivity contribution in [2.75, 3.05) is 18.4 Å². The van der Waals surface area contributed by atoms with Gasteiger partial charge in [-0.05, 0) is 25.5 Å². The van der Waals surface area contributed by atoms with Crippen molar-refractivity contribution in [3.8, 4) is 5.75 Å². The van der Waals surface area contributed by atoms with Crippen LogP contribution in [0.2, 0.25) is 0 Å². The lowest BCUT2D eigenvalue weighted by Gasteiger charge is -2.21. The zero-order chi connectivity index (χ0) is 14.5. The van der Waals surface area contributed by atoms with Gasteiger partial charge in [0.1, 0.15) is 11.6 Å². The number of halogens is 2. The molecule has 0 spiro atoms. The first-order valence-electron chi connectivity index (χ1n) is 6.50. The lowest BCUT2D eigenvalue weighted by Crippen LogP contribution is -2.35. The number of ether oxygens (including phenoxy) is 1. The third-order valence-corrected chi connectivity index (χ3v) is 3.25. The second-order valence-corrected chi connectivity index (χ2v) is 4.66. The zero-order valence-corrected chi connectivity index (χ0v) is 11.2. The standard InChI is InChI=1S/C13H17F2N3O2/c1-9-2-5-12(19)18(9)7-6-16-11-4-3-10(8-17-11)20-13(14)15/h3-4,8-9,13H,2,5-7H2,1H3,(H,16,17)/t9-/m1/s1. The molecule has 5 nitrogen and oxygen atoms in total. The van der Waals surface area contributed by atoms with Gasteiger partial charge in [-0.15, -0.1) is 0 Å². The van der Waals surface area contributed by atoms with Gasteiger partial charge in [-0.2, -0.15) is 8.78 Å². The van der Waals surface area contributed by atoms with Crippen molar-refractivity contribution in [3.63, 3.8) is 0 Å². The summed E-state index contributed by atoms with van der Waals surface area (Å²) in [6, 6.07) is 3.26. The predicted molar refractivity (Wildman–Crippen MR) is 69.8 cm³/mol. The highest BCUT2D eigenvalue weighted by atomic mass is 19.3. The molecule has 2 heterocycles. The minimum Gasteiger partial charge on any atom is -0.433 e. The van der Waals surface area contributed by atoms with Crippen molar-refractivity contribution in [3.05, 3.63) is 18.3 Å². The molecule has 0 bridgehead atoms. The molecule has 1 aromatic rings. The monoisotopic (exact) mass is 285 g/mol. The van der Waals surface area contributed by atoms with E-state index in [0.29, 0.717) is 25.3 Å². The number of alkyl halides is 2. The highest BCUT2D eigenvalue weighted by Gasteiger charge is 2.26. The molecule has 0 unspecified atom stereocenters. The van der Waals surface area contributed by atoms with E-state index in [-0.39, 0.29) is 17.7 Å². The second-order valence-electron chi connectivity index (χ2n) is 4.66. The molecule has 110 valence electrons. The first kappa shape index (κ1) is 14.5. The number of likely N-dealkylation sites (tertiary alicyclic amines) is 1. The zero-order valence-electron chi connectivity index (χ0n) is 11.2. The van der Waals surface area contributed by atoms with Gasteiger partial charge in [0, 0.05) is 25.6 Å². The predicted octanol–water partition coefficient (Wildman–Crippen LogP) is 2.11. The molecular formula is C13H17F2N3O2. The molecule has 0 aromatic carbocycles. The van der Waals surface area contributed by atoms with Crippen LogP contribution in [0.4, 0.5) is 14.6 Å². The number of nitrogens with zero attached hydrogens (tertiary/aromatic N) is 2. The van der Waals surface area contributed by atoms with E-state index in [1.807, 2.05) is 11.8 Å². The molecule has 1 aliphatic rings. The summed E-state index contributed by atoms with van der Waals surface area (Å²) < 4.78 is 28.1. The molecule has 1 amide bonds. The SMILES string of the molecule is C[C@@H]1CCC(=O)N1CCNc1ccc(OC(F)F)cn1. The van der Waals surface area contributed by atoms with Crippen LogP contribution in [-0.2, 0) is 4.79 Å². The topological polar surface area (TPSA) is 54.5 Å². The van der Waals surface area contributed by atoms with Crippen LogP contribution in [0.25, 0.3) is 0 Å². The number of amides is 1. The third kappa shape index (κ3) is 3.79. The Morgan fingerprint density at radius 2 is 2.35 bits per heavy atom. The van der Waals surface area contributed by atoms with Crippen molar-refractivity contribution in [1.82, 2.24) is 9.88 Å². The molecule has 1 N–H and O–H groups in total. The Morgan fingerprint density at radius 3 is 2.90 bits per heavy atom. The van der Waals surface area contributed by atoms with Crippen molar-refractivity contribution in [1.29, 1.82) is 0 Å². The highest BCUT2D eigenvalue weighted by molar-refractivity contribution is 5.78. The van der Waals surface area contributed by atoms with Gasteiger partial charge in [-0.1, -0.05) is 0 Å². The maximum Gasteiger partial charge on any atom is 0.387 e. The van der Waals surface area contributed by atoms with Crippen LogP contribution < -0.4 is 10.1 Å². The fraction of sp³-hybridized carbons (Fsp3) is 0.538. The van der Waals surface area contributed by atoms with Gasteiger partial charge in [0.15, 0.2) is 0 Å². The molecule has 1 aliphatic heterocycles. The van der Waals surface area contributed by atoms with Crippen molar-refractivity contribution < 1.29 is 18.3 Å². The minimum absolute atomic E-state index is 0.0221. The van der Waals surface area contributed by atoms with Gasteiger partial charge < -0.3 is 15.0 Å². The normalized spacial score (nSPS) is 18.7. The number of aromatic nitrogens is 1. The summed E-state index contributed by atoms with van der Waals surface area (Å²) in [7, 11) is 0. The van der Waals surface area contributed by atoms with Crippen LogP contribution in [0.3, 0.4) is 0 Å². The molecule has 1 saturated heterocycles. The summed E-state index contributed by atoms with van der Waals surface area (Å²) in [6.07, 6.45) is 2.74. The number of carbonyl (C=O) groups is 1. The Morgan fingerprint density at radius 1 is 1.55 bits per heavy atom. The summed E-state index contributed by atoms with van der Waals surface area (Å²) >= 11 is 0. The van der Waals surface area contributed by atoms with Crippen LogP contribution >= 0.6 is 0 Å². The smallest absolute Gasteiger partial charge is 0.387 e. The lowest BCUT2D eigenvalue weighted by molar-refractivity contribution is -0.128. The van der Waals surface area contributed by atoms with Gasteiger partial charge in [0.2, 0.25) is 5.91 Å². The maximum absolute atomic E-state index is 12.0. The van der Waals surface area contributed by atoms with Crippen LogP contribution in [-0.4, -0.2) is 41.5 Å². The number of rotatable bonds is 6. The summed E-state index contributed by atoms with van der Waals surface area (Å²) in [5, 5.41) is 3.05. The Labute approximate surface area is 115 Å². The molecule has 1 aromatic heterocycles. The Balaban J connectivity index is 1.78. The number of hydrogen-bond acceptors (Lipinski definition) is 4.